The molecule has 0 aliphatic heterocycles. The number of fused-ring (bicyclic) bond motifs is 2. The lowest BCUT2D eigenvalue weighted by Crippen LogP contribution is -2.24. The van der Waals surface area contributed by atoms with Crippen LogP contribution in [0.15, 0.2) is 47.4 Å². The van der Waals surface area contributed by atoms with Crippen LogP contribution in [0.2, 0.25) is 10.0 Å². The third-order valence-corrected chi connectivity index (χ3v) is 5.82. The Kier molecular flexibility index (Phi) is 5.26. The van der Waals surface area contributed by atoms with E-state index in [-0.39, 0.29) is 11.0 Å². The monoisotopic (exact) mass is 439 g/mol. The molecular formula is C23H19Cl2N3O2. The second-order valence-electron chi connectivity index (χ2n) is 7.15. The predicted molar refractivity (Wildman–Crippen MR) is 123 cm³/mol. The van der Waals surface area contributed by atoms with Gasteiger partial charge in [-0.3, -0.25) is 14.6 Å². The average Bonchev–Trinajstić information content (AvgIpc) is 2.71. The second kappa shape index (κ2) is 7.74. The summed E-state index contributed by atoms with van der Waals surface area (Å²) < 4.78 is 1.86. The van der Waals surface area contributed by atoms with E-state index >= 15 is 0 Å². The molecule has 0 aliphatic rings. The van der Waals surface area contributed by atoms with Crippen LogP contribution in [0.4, 0.5) is 5.69 Å². The lowest BCUT2D eigenvalue weighted by atomic mass is 10.1. The van der Waals surface area contributed by atoms with E-state index in [2.05, 4.69) is 10.3 Å². The molecule has 0 saturated heterocycles. The van der Waals surface area contributed by atoms with Crippen molar-refractivity contribution in [1.82, 2.24) is 9.55 Å². The highest BCUT2D eigenvalue weighted by molar-refractivity contribution is 6.32. The fourth-order valence-corrected chi connectivity index (χ4v) is 3.94. The molecule has 5 nitrogen and oxygen atoms in total. The van der Waals surface area contributed by atoms with Gasteiger partial charge in [0.2, 0.25) is 5.43 Å². The first-order valence-electron chi connectivity index (χ1n) is 9.50. The Balaban J connectivity index is 1.86. The summed E-state index contributed by atoms with van der Waals surface area (Å²) in [6, 6.07) is 10.5. The van der Waals surface area contributed by atoms with Crippen molar-refractivity contribution in [3.8, 4) is 0 Å². The number of aromatic nitrogens is 2. The van der Waals surface area contributed by atoms with Crippen LogP contribution in [0.1, 0.15) is 28.5 Å². The molecule has 1 N–H and O–H groups in total. The molecule has 0 saturated carbocycles. The number of amides is 1. The van der Waals surface area contributed by atoms with Crippen LogP contribution in [0.5, 0.6) is 0 Å². The molecule has 4 aromatic rings. The summed E-state index contributed by atoms with van der Waals surface area (Å²) in [7, 11) is 0. The maximum atomic E-state index is 13.1. The van der Waals surface area contributed by atoms with Gasteiger partial charge in [0.25, 0.3) is 5.91 Å². The molecular weight excluding hydrogens is 421 g/mol. The minimum absolute atomic E-state index is 0.0555. The number of hydrogen-bond acceptors (Lipinski definition) is 3. The Bertz CT molecular complexity index is 1390. The van der Waals surface area contributed by atoms with Gasteiger partial charge in [-0.2, -0.15) is 0 Å². The van der Waals surface area contributed by atoms with Gasteiger partial charge >= 0.3 is 0 Å². The molecule has 152 valence electrons. The van der Waals surface area contributed by atoms with Crippen LogP contribution in [0.25, 0.3) is 21.8 Å². The van der Waals surface area contributed by atoms with Crippen molar-refractivity contribution in [3.63, 3.8) is 0 Å². The van der Waals surface area contributed by atoms with Gasteiger partial charge in [-0.15, -0.1) is 0 Å². The van der Waals surface area contributed by atoms with Gasteiger partial charge in [-0.1, -0.05) is 23.2 Å². The van der Waals surface area contributed by atoms with E-state index in [1.807, 2.05) is 31.4 Å². The lowest BCUT2D eigenvalue weighted by molar-refractivity contribution is 0.102. The molecule has 2 aromatic heterocycles. The van der Waals surface area contributed by atoms with Gasteiger partial charge < -0.3 is 9.88 Å². The summed E-state index contributed by atoms with van der Waals surface area (Å²) in [5.74, 6) is -0.483. The van der Waals surface area contributed by atoms with Gasteiger partial charge in [-0.05, 0) is 62.7 Å². The number of anilines is 1. The Morgan fingerprint density at radius 2 is 1.87 bits per heavy atom. The predicted octanol–water partition coefficient (Wildman–Crippen LogP) is 5.75. The number of carbonyl (C=O) groups is 1. The van der Waals surface area contributed by atoms with Crippen LogP contribution in [0.3, 0.4) is 0 Å². The molecule has 4 rings (SSSR count). The molecule has 0 bridgehead atoms. The average molecular weight is 440 g/mol. The second-order valence-corrected chi connectivity index (χ2v) is 8.00. The van der Waals surface area contributed by atoms with E-state index in [0.717, 1.165) is 22.2 Å². The van der Waals surface area contributed by atoms with E-state index in [0.29, 0.717) is 33.2 Å². The number of nitrogens with one attached hydrogen (secondary N) is 1. The molecule has 0 aliphatic carbocycles. The molecule has 2 aromatic carbocycles. The molecule has 30 heavy (non-hydrogen) atoms. The molecule has 0 fully saturated rings. The fraction of sp³-hybridized carbons (Fsp3) is 0.174. The zero-order valence-electron chi connectivity index (χ0n) is 16.7. The third kappa shape index (κ3) is 3.44. The molecule has 0 spiro atoms. The summed E-state index contributed by atoms with van der Waals surface area (Å²) in [4.78, 5) is 30.7. The van der Waals surface area contributed by atoms with Crippen molar-refractivity contribution >= 4 is 56.6 Å². The SMILES string of the molecule is CCn1cc(C(=O)Nc2cc(C)nc3c(C)c(Cl)ccc23)c(=O)c2cc(Cl)ccc21. The number of carbonyl (C=O) groups excluding carboxylic acids is 1. The topological polar surface area (TPSA) is 64.0 Å². The minimum atomic E-state index is -0.483. The summed E-state index contributed by atoms with van der Waals surface area (Å²) in [6.07, 6.45) is 1.59. The van der Waals surface area contributed by atoms with Gasteiger partial charge in [0, 0.05) is 39.3 Å². The van der Waals surface area contributed by atoms with E-state index in [9.17, 15) is 9.59 Å². The van der Waals surface area contributed by atoms with Gasteiger partial charge in [0.1, 0.15) is 5.56 Å². The van der Waals surface area contributed by atoms with Crippen molar-refractivity contribution < 1.29 is 4.79 Å². The van der Waals surface area contributed by atoms with Crippen molar-refractivity contribution in [1.29, 1.82) is 0 Å². The maximum Gasteiger partial charge on any atom is 0.261 e. The van der Waals surface area contributed by atoms with Crippen LogP contribution >= 0.6 is 23.2 Å². The minimum Gasteiger partial charge on any atom is -0.347 e. The summed E-state index contributed by atoms with van der Waals surface area (Å²) in [5.41, 5.74) is 3.30. The molecule has 0 unspecified atom stereocenters. The van der Waals surface area contributed by atoms with Gasteiger partial charge in [0.15, 0.2) is 0 Å². The van der Waals surface area contributed by atoms with E-state index < -0.39 is 5.91 Å². The van der Waals surface area contributed by atoms with E-state index in [1.54, 1.807) is 36.5 Å². The zero-order chi connectivity index (χ0) is 21.6. The standard InChI is InChI=1S/C23H19Cl2N3O2/c1-4-28-11-17(22(29)16-10-14(24)5-8-20(16)28)23(30)27-19-9-12(2)26-21-13(3)18(25)7-6-15(19)21/h5-11H,4H2,1-3H3,(H,26,27,30). The highest BCUT2D eigenvalue weighted by Crippen LogP contribution is 2.30. The fourth-order valence-electron chi connectivity index (χ4n) is 3.62. The van der Waals surface area contributed by atoms with E-state index in [1.165, 1.54) is 0 Å². The highest BCUT2D eigenvalue weighted by atomic mass is 35.5. The van der Waals surface area contributed by atoms with E-state index in [4.69, 9.17) is 23.2 Å². The molecule has 7 heteroatoms. The smallest absolute Gasteiger partial charge is 0.261 e. The summed E-state index contributed by atoms with van der Waals surface area (Å²) in [6.45, 7) is 6.29. The first-order chi connectivity index (χ1) is 14.3. The molecule has 1 amide bonds. The molecule has 2 heterocycles. The first kappa shape index (κ1) is 20.4. The Morgan fingerprint density at radius 3 is 2.60 bits per heavy atom. The number of halogens is 2. The number of hydrogen-bond donors (Lipinski definition) is 1. The highest BCUT2D eigenvalue weighted by Gasteiger charge is 2.18. The van der Waals surface area contributed by atoms with Crippen LogP contribution in [0, 0.1) is 13.8 Å². The van der Waals surface area contributed by atoms with Gasteiger partial charge in [-0.25, -0.2) is 0 Å². The molecule has 0 atom stereocenters. The van der Waals surface area contributed by atoms with Crippen molar-refractivity contribution in [2.45, 2.75) is 27.3 Å². The number of nitrogens with zero attached hydrogens (tertiary/aromatic N) is 2. The van der Waals surface area contributed by atoms with Crippen LogP contribution in [-0.2, 0) is 6.54 Å². The van der Waals surface area contributed by atoms with Gasteiger partial charge in [0.05, 0.1) is 16.7 Å². The number of aryl methyl sites for hydroxylation is 3. The normalized spacial score (nSPS) is 11.2. The Morgan fingerprint density at radius 1 is 1.10 bits per heavy atom. The Labute approximate surface area is 183 Å². The quantitative estimate of drug-likeness (QED) is 0.442. The number of benzene rings is 2. The third-order valence-electron chi connectivity index (χ3n) is 5.17. The van der Waals surface area contributed by atoms with Crippen LogP contribution < -0.4 is 10.7 Å². The maximum absolute atomic E-state index is 13.1. The largest absolute Gasteiger partial charge is 0.347 e. The Hall–Kier alpha value is -2.89. The zero-order valence-corrected chi connectivity index (χ0v) is 18.2. The number of rotatable bonds is 3. The number of pyridine rings is 2. The lowest BCUT2D eigenvalue weighted by Gasteiger charge is -2.14. The summed E-state index contributed by atoms with van der Waals surface area (Å²) in [5, 5.41) is 5.12. The van der Waals surface area contributed by atoms with Crippen molar-refractivity contribution in [2.24, 2.45) is 0 Å². The first-order valence-corrected chi connectivity index (χ1v) is 10.3. The summed E-state index contributed by atoms with van der Waals surface area (Å²) >= 11 is 12.3. The van der Waals surface area contributed by atoms with Crippen molar-refractivity contribution in [3.05, 3.63) is 79.7 Å². The van der Waals surface area contributed by atoms with Crippen LogP contribution in [-0.4, -0.2) is 15.5 Å². The van der Waals surface area contributed by atoms with Crippen molar-refractivity contribution in [2.75, 3.05) is 5.32 Å². The molecule has 0 radical (unpaired) electrons.